The average molecular weight is 404 g/mol. The lowest BCUT2D eigenvalue weighted by atomic mass is 9.99. The highest BCUT2D eigenvalue weighted by atomic mass is 35.5. The van der Waals surface area contributed by atoms with E-state index in [-0.39, 0.29) is 28.9 Å². The number of nitrogens with one attached hydrogen (secondary N) is 1. The van der Waals surface area contributed by atoms with Gasteiger partial charge in [0.25, 0.3) is 0 Å². The van der Waals surface area contributed by atoms with Crippen LogP contribution in [0.3, 0.4) is 0 Å². The van der Waals surface area contributed by atoms with E-state index in [0.717, 1.165) is 32.0 Å². The lowest BCUT2D eigenvalue weighted by molar-refractivity contribution is -0.275. The molecule has 0 spiro atoms. The molecule has 0 aromatic heterocycles. The second-order valence-corrected chi connectivity index (χ2v) is 6.72. The summed E-state index contributed by atoms with van der Waals surface area (Å²) in [4.78, 5) is 0. The van der Waals surface area contributed by atoms with Crippen LogP contribution in [-0.2, 0) is 0 Å². The van der Waals surface area contributed by atoms with E-state index in [1.54, 1.807) is 6.07 Å². The van der Waals surface area contributed by atoms with Gasteiger partial charge in [-0.05, 0) is 55.6 Å². The largest absolute Gasteiger partial charge is 0.573 e. The molecule has 0 unspecified atom stereocenters. The van der Waals surface area contributed by atoms with Crippen molar-refractivity contribution in [2.75, 3.05) is 19.7 Å². The summed E-state index contributed by atoms with van der Waals surface area (Å²) in [6.07, 6.45) is -3.11. The molecule has 2 aromatic carbocycles. The number of rotatable bonds is 5. The van der Waals surface area contributed by atoms with Gasteiger partial charge in [-0.15, -0.1) is 13.2 Å². The Hall–Kier alpha value is -1.99. The Morgan fingerprint density at radius 2 is 1.81 bits per heavy atom. The van der Waals surface area contributed by atoms with E-state index in [2.05, 4.69) is 10.1 Å². The Kier molecular flexibility index (Phi) is 6.11. The van der Waals surface area contributed by atoms with Crippen molar-refractivity contribution in [3.8, 4) is 22.6 Å². The molecule has 3 nitrogen and oxygen atoms in total. The average Bonchev–Trinajstić information content (AvgIpc) is 2.63. The third-order valence-corrected chi connectivity index (χ3v) is 4.66. The molecule has 0 bridgehead atoms. The molecule has 1 N–H and O–H groups in total. The van der Waals surface area contributed by atoms with Gasteiger partial charge in [-0.1, -0.05) is 29.8 Å². The molecular weight excluding hydrogens is 386 g/mol. The Morgan fingerprint density at radius 3 is 2.52 bits per heavy atom. The molecule has 0 radical (unpaired) electrons. The summed E-state index contributed by atoms with van der Waals surface area (Å²) in [5.41, 5.74) is 0.526. The van der Waals surface area contributed by atoms with Crippen molar-refractivity contribution in [2.24, 2.45) is 5.92 Å². The van der Waals surface area contributed by atoms with Crippen LogP contribution < -0.4 is 14.8 Å². The van der Waals surface area contributed by atoms with Crippen LogP contribution in [-0.4, -0.2) is 26.1 Å². The second-order valence-electron chi connectivity index (χ2n) is 6.32. The van der Waals surface area contributed by atoms with Gasteiger partial charge >= 0.3 is 6.36 Å². The van der Waals surface area contributed by atoms with E-state index in [1.165, 1.54) is 24.3 Å². The van der Waals surface area contributed by atoms with Crippen molar-refractivity contribution >= 4 is 11.6 Å². The zero-order valence-corrected chi connectivity index (χ0v) is 15.0. The van der Waals surface area contributed by atoms with Gasteiger partial charge in [0, 0.05) is 5.56 Å². The molecule has 1 fully saturated rings. The number of hydrogen-bond donors (Lipinski definition) is 1. The molecule has 8 heteroatoms. The smallest absolute Gasteiger partial charge is 0.489 e. The zero-order chi connectivity index (χ0) is 19.4. The molecule has 0 amide bonds. The van der Waals surface area contributed by atoms with Crippen molar-refractivity contribution in [2.45, 2.75) is 19.2 Å². The molecular formula is C19H18ClF4NO2. The first-order valence-electron chi connectivity index (χ1n) is 8.51. The van der Waals surface area contributed by atoms with Gasteiger partial charge in [-0.3, -0.25) is 0 Å². The van der Waals surface area contributed by atoms with Crippen LogP contribution in [0.2, 0.25) is 5.02 Å². The van der Waals surface area contributed by atoms with Gasteiger partial charge in [0.15, 0.2) is 11.5 Å². The van der Waals surface area contributed by atoms with E-state index in [1.807, 2.05) is 0 Å². The molecule has 3 rings (SSSR count). The standard InChI is InChI=1S/C19H18ClF4NO2/c20-15-3-1-2-14(18(15)21)13-4-5-16(27-19(22,23)24)17(10-13)26-11-12-6-8-25-9-7-12/h1-5,10,12,25H,6-9,11H2. The number of benzene rings is 2. The maximum absolute atomic E-state index is 14.3. The SMILES string of the molecule is Fc1c(Cl)cccc1-c1ccc(OC(F)(F)F)c(OCC2CCNCC2)c1. The van der Waals surface area contributed by atoms with Gasteiger partial charge in [0.2, 0.25) is 0 Å². The first kappa shape index (κ1) is 19.8. The summed E-state index contributed by atoms with van der Waals surface area (Å²) in [5.74, 6) is -0.949. The van der Waals surface area contributed by atoms with Crippen LogP contribution in [0.15, 0.2) is 36.4 Å². The van der Waals surface area contributed by atoms with Gasteiger partial charge in [0.1, 0.15) is 5.82 Å². The summed E-state index contributed by atoms with van der Waals surface area (Å²) in [5, 5.41) is 3.15. The van der Waals surface area contributed by atoms with Crippen molar-refractivity contribution in [1.29, 1.82) is 0 Å². The quantitative estimate of drug-likeness (QED) is 0.676. The molecule has 0 aliphatic carbocycles. The third kappa shape index (κ3) is 5.26. The molecule has 2 aromatic rings. The fourth-order valence-electron chi connectivity index (χ4n) is 2.98. The first-order chi connectivity index (χ1) is 12.8. The number of piperidine rings is 1. The fraction of sp³-hybridized carbons (Fsp3) is 0.368. The zero-order valence-electron chi connectivity index (χ0n) is 14.3. The van der Waals surface area contributed by atoms with Crippen molar-refractivity contribution in [1.82, 2.24) is 5.32 Å². The Labute approximate surface area is 159 Å². The van der Waals surface area contributed by atoms with Gasteiger partial charge < -0.3 is 14.8 Å². The molecule has 1 heterocycles. The van der Waals surface area contributed by atoms with Crippen LogP contribution in [0.4, 0.5) is 17.6 Å². The normalized spacial score (nSPS) is 15.6. The summed E-state index contributed by atoms with van der Waals surface area (Å²) in [7, 11) is 0. The third-order valence-electron chi connectivity index (χ3n) is 4.37. The van der Waals surface area contributed by atoms with E-state index in [0.29, 0.717) is 5.56 Å². The molecule has 1 aliphatic heterocycles. The molecule has 146 valence electrons. The van der Waals surface area contributed by atoms with Crippen LogP contribution >= 0.6 is 11.6 Å². The fourth-order valence-corrected chi connectivity index (χ4v) is 3.15. The van der Waals surface area contributed by atoms with E-state index in [4.69, 9.17) is 16.3 Å². The monoisotopic (exact) mass is 403 g/mol. The first-order valence-corrected chi connectivity index (χ1v) is 8.89. The minimum absolute atomic E-state index is 0.0692. The molecule has 0 saturated carbocycles. The van der Waals surface area contributed by atoms with Crippen molar-refractivity contribution < 1.29 is 27.0 Å². The summed E-state index contributed by atoms with van der Waals surface area (Å²) in [6.45, 7) is 1.94. The minimum Gasteiger partial charge on any atom is -0.489 e. The summed E-state index contributed by atoms with van der Waals surface area (Å²) < 4.78 is 62.1. The molecule has 1 aliphatic rings. The highest BCUT2D eigenvalue weighted by Gasteiger charge is 2.33. The molecule has 27 heavy (non-hydrogen) atoms. The molecule has 1 saturated heterocycles. The highest BCUT2D eigenvalue weighted by molar-refractivity contribution is 6.31. The van der Waals surface area contributed by atoms with Crippen LogP contribution in [0.25, 0.3) is 11.1 Å². The van der Waals surface area contributed by atoms with E-state index >= 15 is 0 Å². The van der Waals surface area contributed by atoms with Gasteiger partial charge in [-0.2, -0.15) is 0 Å². The lowest BCUT2D eigenvalue weighted by Crippen LogP contribution is -2.30. The second kappa shape index (κ2) is 8.35. The van der Waals surface area contributed by atoms with E-state index < -0.39 is 17.9 Å². The Balaban J connectivity index is 1.89. The number of hydrogen-bond acceptors (Lipinski definition) is 3. The highest BCUT2D eigenvalue weighted by Crippen LogP contribution is 2.38. The van der Waals surface area contributed by atoms with Crippen molar-refractivity contribution in [3.05, 3.63) is 47.2 Å². The van der Waals surface area contributed by atoms with Crippen LogP contribution in [0.5, 0.6) is 11.5 Å². The number of ether oxygens (including phenoxy) is 2. The maximum atomic E-state index is 14.3. The summed E-state index contributed by atoms with van der Waals surface area (Å²) in [6, 6.07) is 8.27. The summed E-state index contributed by atoms with van der Waals surface area (Å²) >= 11 is 5.80. The number of halogens is 5. The Morgan fingerprint density at radius 1 is 1.07 bits per heavy atom. The minimum atomic E-state index is -4.85. The van der Waals surface area contributed by atoms with Gasteiger partial charge in [-0.25, -0.2) is 4.39 Å². The maximum Gasteiger partial charge on any atom is 0.573 e. The lowest BCUT2D eigenvalue weighted by Gasteiger charge is -2.23. The van der Waals surface area contributed by atoms with Crippen LogP contribution in [0, 0.1) is 11.7 Å². The Bertz CT molecular complexity index is 792. The number of alkyl halides is 3. The molecule has 0 atom stereocenters. The van der Waals surface area contributed by atoms with Crippen LogP contribution in [0.1, 0.15) is 12.8 Å². The van der Waals surface area contributed by atoms with E-state index in [9.17, 15) is 17.6 Å². The topological polar surface area (TPSA) is 30.5 Å². The van der Waals surface area contributed by atoms with Gasteiger partial charge in [0.05, 0.1) is 11.6 Å². The predicted octanol–water partition coefficient (Wildman–Crippen LogP) is 5.42. The predicted molar refractivity (Wildman–Crippen MR) is 94.6 cm³/mol. The van der Waals surface area contributed by atoms with Crippen molar-refractivity contribution in [3.63, 3.8) is 0 Å².